The molecule has 0 aromatic heterocycles. The summed E-state index contributed by atoms with van der Waals surface area (Å²) in [5, 5.41) is 8.34. The molecule has 74 valence electrons. The Morgan fingerprint density at radius 2 is 1.93 bits per heavy atom. The molecule has 0 heterocycles. The number of hydrogen-bond donors (Lipinski definition) is 1. The van der Waals surface area contributed by atoms with E-state index in [9.17, 15) is 0 Å². The van der Waals surface area contributed by atoms with Crippen LogP contribution in [0.5, 0.6) is 11.5 Å². The van der Waals surface area contributed by atoms with Gasteiger partial charge < -0.3 is 14.6 Å². The second-order valence-corrected chi connectivity index (χ2v) is 2.65. The molecule has 0 bridgehead atoms. The summed E-state index contributed by atoms with van der Waals surface area (Å²) in [5.74, 6) is 3.92. The van der Waals surface area contributed by atoms with Crippen LogP contribution >= 0.6 is 0 Å². The Kier molecular flexibility index (Phi) is 3.69. The van der Waals surface area contributed by atoms with Crippen molar-refractivity contribution in [1.82, 2.24) is 0 Å². The zero-order valence-electron chi connectivity index (χ0n) is 8.20. The molecule has 0 fully saturated rings. The molecule has 0 aliphatic rings. The molecular formula is C11H12O3. The van der Waals surface area contributed by atoms with Gasteiger partial charge in [-0.05, 0) is 17.7 Å². The van der Waals surface area contributed by atoms with Crippen molar-refractivity contribution in [2.24, 2.45) is 0 Å². The zero-order chi connectivity index (χ0) is 10.4. The predicted octanol–water partition coefficient (Wildman–Crippen LogP) is 1.58. The lowest BCUT2D eigenvalue weighted by Gasteiger charge is -2.07. The van der Waals surface area contributed by atoms with E-state index >= 15 is 0 Å². The lowest BCUT2D eigenvalue weighted by molar-refractivity contribution is 0.354. The lowest BCUT2D eigenvalue weighted by Crippen LogP contribution is -1.92. The Hall–Kier alpha value is -1.82. The Labute approximate surface area is 83.3 Å². The van der Waals surface area contributed by atoms with Gasteiger partial charge >= 0.3 is 0 Å². The van der Waals surface area contributed by atoms with E-state index < -0.39 is 0 Å². The maximum atomic E-state index is 8.34. The van der Waals surface area contributed by atoms with Gasteiger partial charge in [0.2, 0.25) is 0 Å². The minimum atomic E-state index is 0.497. The molecular weight excluding hydrogens is 180 g/mol. The average Bonchev–Trinajstić information content (AvgIpc) is 2.25. The Bertz CT molecular complexity index is 361. The van der Waals surface area contributed by atoms with Crippen molar-refractivity contribution < 1.29 is 14.6 Å². The number of aliphatic hydroxyl groups is 1. The lowest BCUT2D eigenvalue weighted by atomic mass is 10.1. The monoisotopic (exact) mass is 192 g/mol. The van der Waals surface area contributed by atoms with Crippen LogP contribution in [0, 0.1) is 12.0 Å². The largest absolute Gasteiger partial charge is 0.493 e. The van der Waals surface area contributed by atoms with E-state index in [1.165, 1.54) is 0 Å². The molecule has 0 atom stereocenters. The highest BCUT2D eigenvalue weighted by atomic mass is 16.5. The quantitative estimate of drug-likeness (QED) is 0.739. The van der Waals surface area contributed by atoms with Crippen LogP contribution in [0.2, 0.25) is 0 Å². The van der Waals surface area contributed by atoms with Crippen molar-refractivity contribution in [3.8, 4) is 23.5 Å². The fourth-order valence-corrected chi connectivity index (χ4v) is 1.13. The molecule has 1 aromatic carbocycles. The van der Waals surface area contributed by atoms with Crippen LogP contribution in [-0.4, -0.2) is 19.3 Å². The summed E-state index contributed by atoms with van der Waals surface area (Å²) < 4.78 is 10.2. The van der Waals surface area contributed by atoms with Crippen molar-refractivity contribution in [3.63, 3.8) is 0 Å². The highest BCUT2D eigenvalue weighted by Crippen LogP contribution is 2.27. The number of methoxy groups -OCH3 is 2. The molecule has 0 spiro atoms. The van der Waals surface area contributed by atoms with E-state index in [1.54, 1.807) is 14.2 Å². The molecule has 1 aromatic rings. The van der Waals surface area contributed by atoms with Crippen LogP contribution in [0.25, 0.3) is 0 Å². The molecule has 0 saturated heterocycles. The maximum absolute atomic E-state index is 8.34. The Morgan fingerprint density at radius 3 is 2.50 bits per heavy atom. The summed E-state index contributed by atoms with van der Waals surface area (Å²) >= 11 is 0. The van der Waals surface area contributed by atoms with Gasteiger partial charge in [-0.2, -0.15) is 0 Å². The third kappa shape index (κ3) is 2.33. The summed E-state index contributed by atoms with van der Waals surface area (Å²) in [5.41, 5.74) is 0.976. The van der Waals surface area contributed by atoms with Gasteiger partial charge in [-0.25, -0.2) is 0 Å². The third-order valence-corrected chi connectivity index (χ3v) is 1.82. The average molecular weight is 192 g/mol. The third-order valence-electron chi connectivity index (χ3n) is 1.82. The van der Waals surface area contributed by atoms with E-state index in [4.69, 9.17) is 14.6 Å². The summed E-state index contributed by atoms with van der Waals surface area (Å²) in [4.78, 5) is 0. The SMILES string of the molecule is COc1ccc(CC#CO)cc1OC. The fraction of sp³-hybridized carbons (Fsp3) is 0.273. The van der Waals surface area contributed by atoms with Crippen molar-refractivity contribution >= 4 is 0 Å². The van der Waals surface area contributed by atoms with Crippen molar-refractivity contribution in [2.45, 2.75) is 6.42 Å². The van der Waals surface area contributed by atoms with Gasteiger partial charge in [-0.1, -0.05) is 12.0 Å². The number of hydrogen-bond acceptors (Lipinski definition) is 3. The molecule has 0 aliphatic carbocycles. The summed E-state index contributed by atoms with van der Waals surface area (Å²) in [6.45, 7) is 0. The van der Waals surface area contributed by atoms with Crippen LogP contribution < -0.4 is 9.47 Å². The van der Waals surface area contributed by atoms with E-state index in [0.717, 1.165) is 5.56 Å². The highest BCUT2D eigenvalue weighted by molar-refractivity contribution is 5.43. The number of rotatable bonds is 3. The van der Waals surface area contributed by atoms with Crippen LogP contribution in [0.3, 0.4) is 0 Å². The second-order valence-electron chi connectivity index (χ2n) is 2.65. The van der Waals surface area contributed by atoms with Crippen molar-refractivity contribution in [2.75, 3.05) is 14.2 Å². The highest BCUT2D eigenvalue weighted by Gasteiger charge is 2.03. The molecule has 1 N–H and O–H groups in total. The van der Waals surface area contributed by atoms with E-state index in [1.807, 2.05) is 24.3 Å². The van der Waals surface area contributed by atoms with Gasteiger partial charge in [-0.3, -0.25) is 0 Å². The van der Waals surface area contributed by atoms with Gasteiger partial charge in [0.25, 0.3) is 0 Å². The normalized spacial score (nSPS) is 8.71. The second kappa shape index (κ2) is 5.03. The molecule has 1 rings (SSSR count). The predicted molar refractivity (Wildman–Crippen MR) is 53.0 cm³/mol. The van der Waals surface area contributed by atoms with Gasteiger partial charge in [0, 0.05) is 6.42 Å². The maximum Gasteiger partial charge on any atom is 0.161 e. The molecule has 0 saturated carbocycles. The Morgan fingerprint density at radius 1 is 1.21 bits per heavy atom. The fourth-order valence-electron chi connectivity index (χ4n) is 1.13. The number of aliphatic hydroxyl groups excluding tert-OH is 1. The molecule has 0 radical (unpaired) electrons. The van der Waals surface area contributed by atoms with Crippen LogP contribution in [0.15, 0.2) is 18.2 Å². The van der Waals surface area contributed by atoms with Crippen LogP contribution in [0.1, 0.15) is 5.56 Å². The summed E-state index contributed by atoms with van der Waals surface area (Å²) in [6.07, 6.45) is 2.36. The minimum Gasteiger partial charge on any atom is -0.493 e. The van der Waals surface area contributed by atoms with E-state index in [-0.39, 0.29) is 0 Å². The van der Waals surface area contributed by atoms with Gasteiger partial charge in [0.15, 0.2) is 11.5 Å². The van der Waals surface area contributed by atoms with Crippen molar-refractivity contribution in [3.05, 3.63) is 23.8 Å². The number of ether oxygens (including phenoxy) is 2. The van der Waals surface area contributed by atoms with Crippen LogP contribution in [0.4, 0.5) is 0 Å². The first-order valence-electron chi connectivity index (χ1n) is 4.14. The van der Waals surface area contributed by atoms with E-state index in [2.05, 4.69) is 5.92 Å². The number of benzene rings is 1. The van der Waals surface area contributed by atoms with E-state index in [0.29, 0.717) is 17.9 Å². The van der Waals surface area contributed by atoms with Crippen molar-refractivity contribution in [1.29, 1.82) is 0 Å². The van der Waals surface area contributed by atoms with Gasteiger partial charge in [-0.15, -0.1) is 0 Å². The molecule has 0 unspecified atom stereocenters. The molecule has 3 heteroatoms. The standard InChI is InChI=1S/C11H12O3/c1-13-10-6-5-9(4-3-7-12)8-11(10)14-2/h5-6,8,12H,4H2,1-2H3. The molecule has 14 heavy (non-hydrogen) atoms. The van der Waals surface area contributed by atoms with Gasteiger partial charge in [0.1, 0.15) is 6.11 Å². The summed E-state index contributed by atoms with van der Waals surface area (Å²) in [6, 6.07) is 5.53. The smallest absolute Gasteiger partial charge is 0.161 e. The molecule has 0 amide bonds. The minimum absolute atomic E-state index is 0.497. The first-order valence-corrected chi connectivity index (χ1v) is 4.14. The first-order chi connectivity index (χ1) is 6.81. The van der Waals surface area contributed by atoms with Crippen LogP contribution in [-0.2, 0) is 6.42 Å². The summed E-state index contributed by atoms with van der Waals surface area (Å²) in [7, 11) is 3.17. The first kappa shape index (κ1) is 10.3. The topological polar surface area (TPSA) is 38.7 Å². The zero-order valence-corrected chi connectivity index (χ0v) is 8.20. The van der Waals surface area contributed by atoms with Gasteiger partial charge in [0.05, 0.1) is 14.2 Å². The molecule has 3 nitrogen and oxygen atoms in total. The molecule has 0 aliphatic heterocycles. The Balaban J connectivity index is 2.93.